The second kappa shape index (κ2) is 7.23. The number of carbonyl (C=O) groups is 1. The summed E-state index contributed by atoms with van der Waals surface area (Å²) in [4.78, 5) is 15.0. The van der Waals surface area contributed by atoms with Crippen molar-refractivity contribution >= 4 is 6.03 Å². The number of urea groups is 1. The molecule has 2 amide bonds. The number of nitrogens with zero attached hydrogens (tertiary/aromatic N) is 1. The van der Waals surface area contributed by atoms with Crippen LogP contribution >= 0.6 is 0 Å². The van der Waals surface area contributed by atoms with Crippen LogP contribution in [-0.2, 0) is 4.74 Å². The van der Waals surface area contributed by atoms with Crippen LogP contribution in [-0.4, -0.2) is 42.8 Å². The lowest BCUT2D eigenvalue weighted by Gasteiger charge is -2.43. The van der Waals surface area contributed by atoms with Gasteiger partial charge in [0.2, 0.25) is 0 Å². The molecule has 0 radical (unpaired) electrons. The highest BCUT2D eigenvalue weighted by atomic mass is 16.5. The van der Waals surface area contributed by atoms with Crippen LogP contribution in [0.15, 0.2) is 0 Å². The summed E-state index contributed by atoms with van der Waals surface area (Å²) in [5, 5.41) is 3.35. The maximum absolute atomic E-state index is 12.8. The molecule has 2 heterocycles. The summed E-state index contributed by atoms with van der Waals surface area (Å²) in [5.41, 5.74) is 0.429. The van der Waals surface area contributed by atoms with E-state index in [2.05, 4.69) is 10.2 Å². The average molecular weight is 335 g/mol. The Bertz CT molecular complexity index is 441. The van der Waals surface area contributed by atoms with Crippen molar-refractivity contribution < 1.29 is 9.53 Å². The maximum atomic E-state index is 12.8. The van der Waals surface area contributed by atoms with E-state index in [1.54, 1.807) is 0 Å². The molecule has 1 spiro atoms. The van der Waals surface area contributed by atoms with E-state index < -0.39 is 0 Å². The molecule has 4 rings (SSSR count). The molecule has 2 aliphatic heterocycles. The fraction of sp³-hybridized carbons (Fsp3) is 0.950. The molecule has 4 fully saturated rings. The summed E-state index contributed by atoms with van der Waals surface area (Å²) in [7, 11) is 0. The summed E-state index contributed by atoms with van der Waals surface area (Å²) in [6.45, 7) is 2.76. The highest BCUT2D eigenvalue weighted by Crippen LogP contribution is 2.42. The molecule has 4 aliphatic rings. The van der Waals surface area contributed by atoms with Crippen LogP contribution in [0.1, 0.15) is 77.0 Å². The van der Waals surface area contributed by atoms with Crippen molar-refractivity contribution in [3.8, 4) is 0 Å². The first-order chi connectivity index (χ1) is 11.7. The van der Waals surface area contributed by atoms with Crippen LogP contribution in [0, 0.1) is 11.3 Å². The third kappa shape index (κ3) is 3.89. The van der Waals surface area contributed by atoms with Gasteiger partial charge in [0.25, 0.3) is 0 Å². The average Bonchev–Trinajstić information content (AvgIpc) is 3.44. The van der Waals surface area contributed by atoms with Gasteiger partial charge in [-0.2, -0.15) is 0 Å². The number of hydrogen-bond acceptors (Lipinski definition) is 2. The molecule has 2 saturated heterocycles. The standard InChI is InChI=1S/C20H34N2O2/c23-19(21-17-8-13-24-18(14-17)16-6-7-16)22-12-5-11-20(15-22)9-3-1-2-4-10-20/h16-18H,1-15H2,(H,21,23)/t17-,18-/m1/s1. The van der Waals surface area contributed by atoms with Crippen molar-refractivity contribution in [2.24, 2.45) is 11.3 Å². The van der Waals surface area contributed by atoms with E-state index in [0.29, 0.717) is 17.6 Å². The van der Waals surface area contributed by atoms with E-state index >= 15 is 0 Å². The summed E-state index contributed by atoms with van der Waals surface area (Å²) >= 11 is 0. The number of ether oxygens (including phenoxy) is 1. The number of carbonyl (C=O) groups excluding carboxylic acids is 1. The Morgan fingerprint density at radius 2 is 1.75 bits per heavy atom. The molecule has 2 atom stereocenters. The number of likely N-dealkylation sites (tertiary alicyclic amines) is 1. The third-order valence-electron chi connectivity index (χ3n) is 6.90. The number of piperidine rings is 1. The van der Waals surface area contributed by atoms with E-state index in [1.807, 2.05) is 0 Å². The van der Waals surface area contributed by atoms with Crippen molar-refractivity contribution in [3.63, 3.8) is 0 Å². The molecule has 0 aromatic heterocycles. The van der Waals surface area contributed by atoms with Crippen LogP contribution in [0.4, 0.5) is 4.79 Å². The van der Waals surface area contributed by atoms with E-state index in [9.17, 15) is 4.79 Å². The van der Waals surface area contributed by atoms with E-state index in [0.717, 1.165) is 38.5 Å². The molecule has 2 aliphatic carbocycles. The van der Waals surface area contributed by atoms with Crippen LogP contribution in [0.5, 0.6) is 0 Å². The number of rotatable bonds is 2. The minimum absolute atomic E-state index is 0.194. The molecule has 4 heteroatoms. The number of hydrogen-bond donors (Lipinski definition) is 1. The lowest BCUT2D eigenvalue weighted by atomic mass is 9.74. The third-order valence-corrected chi connectivity index (χ3v) is 6.90. The highest BCUT2D eigenvalue weighted by molar-refractivity contribution is 5.74. The Kier molecular flexibility index (Phi) is 5.03. The van der Waals surface area contributed by atoms with Gasteiger partial charge < -0.3 is 15.0 Å². The quantitative estimate of drug-likeness (QED) is 0.826. The SMILES string of the molecule is O=C(N[C@@H]1CCO[C@@H](C2CC2)C1)N1CCCC2(CCCCCC2)C1. The molecule has 1 N–H and O–H groups in total. The molecule has 0 unspecified atom stereocenters. The minimum atomic E-state index is 0.194. The predicted octanol–water partition coefficient (Wildman–Crippen LogP) is 4.09. The first-order valence-corrected chi connectivity index (χ1v) is 10.4. The van der Waals surface area contributed by atoms with Crippen LogP contribution in [0.2, 0.25) is 0 Å². The van der Waals surface area contributed by atoms with Gasteiger partial charge >= 0.3 is 6.03 Å². The van der Waals surface area contributed by atoms with Gasteiger partial charge in [0.1, 0.15) is 0 Å². The second-order valence-corrected chi connectivity index (χ2v) is 8.86. The molecule has 0 aromatic rings. The molecular formula is C20H34N2O2. The Hall–Kier alpha value is -0.770. The molecular weight excluding hydrogens is 300 g/mol. The van der Waals surface area contributed by atoms with Gasteiger partial charge in [0.15, 0.2) is 0 Å². The predicted molar refractivity (Wildman–Crippen MR) is 95.0 cm³/mol. The zero-order chi connectivity index (χ0) is 16.4. The number of nitrogens with one attached hydrogen (secondary N) is 1. The summed E-state index contributed by atoms with van der Waals surface area (Å²) in [5.74, 6) is 0.772. The Labute approximate surface area is 146 Å². The summed E-state index contributed by atoms with van der Waals surface area (Å²) < 4.78 is 5.90. The molecule has 2 saturated carbocycles. The first kappa shape index (κ1) is 16.7. The number of amides is 2. The lowest BCUT2D eigenvalue weighted by molar-refractivity contribution is -0.0105. The fourth-order valence-electron chi connectivity index (χ4n) is 5.29. The Morgan fingerprint density at radius 3 is 2.50 bits per heavy atom. The van der Waals surface area contributed by atoms with Gasteiger partial charge in [-0.3, -0.25) is 0 Å². The van der Waals surface area contributed by atoms with E-state index in [-0.39, 0.29) is 6.03 Å². The molecule has 4 nitrogen and oxygen atoms in total. The van der Waals surface area contributed by atoms with E-state index in [1.165, 1.54) is 64.2 Å². The lowest BCUT2D eigenvalue weighted by Crippen LogP contribution is -2.53. The zero-order valence-electron chi connectivity index (χ0n) is 15.1. The molecule has 0 bridgehead atoms. The van der Waals surface area contributed by atoms with Crippen LogP contribution in [0.25, 0.3) is 0 Å². The monoisotopic (exact) mass is 334 g/mol. The van der Waals surface area contributed by atoms with Crippen LogP contribution < -0.4 is 5.32 Å². The van der Waals surface area contributed by atoms with Gasteiger partial charge in [0.05, 0.1) is 6.10 Å². The van der Waals surface area contributed by atoms with Crippen molar-refractivity contribution in [2.45, 2.75) is 89.2 Å². The fourth-order valence-corrected chi connectivity index (χ4v) is 5.29. The first-order valence-electron chi connectivity index (χ1n) is 10.4. The minimum Gasteiger partial charge on any atom is -0.378 e. The van der Waals surface area contributed by atoms with Crippen molar-refractivity contribution in [3.05, 3.63) is 0 Å². The molecule has 24 heavy (non-hydrogen) atoms. The Morgan fingerprint density at radius 1 is 1.00 bits per heavy atom. The summed E-state index contributed by atoms with van der Waals surface area (Å²) in [6, 6.07) is 0.517. The van der Waals surface area contributed by atoms with Gasteiger partial charge in [-0.25, -0.2) is 4.79 Å². The molecule has 136 valence electrons. The normalized spacial score (nSPS) is 33.9. The maximum Gasteiger partial charge on any atom is 0.317 e. The van der Waals surface area contributed by atoms with Gasteiger partial charge in [0, 0.05) is 25.7 Å². The summed E-state index contributed by atoms with van der Waals surface area (Å²) in [6.07, 6.45) is 15.7. The van der Waals surface area contributed by atoms with Gasteiger partial charge in [-0.1, -0.05) is 25.7 Å². The van der Waals surface area contributed by atoms with Gasteiger partial charge in [-0.15, -0.1) is 0 Å². The van der Waals surface area contributed by atoms with Crippen LogP contribution in [0.3, 0.4) is 0 Å². The Balaban J connectivity index is 1.31. The van der Waals surface area contributed by atoms with Crippen molar-refractivity contribution in [1.82, 2.24) is 10.2 Å². The molecule has 0 aromatic carbocycles. The van der Waals surface area contributed by atoms with E-state index in [4.69, 9.17) is 4.74 Å². The largest absolute Gasteiger partial charge is 0.378 e. The topological polar surface area (TPSA) is 41.6 Å². The second-order valence-electron chi connectivity index (χ2n) is 8.86. The smallest absolute Gasteiger partial charge is 0.317 e. The van der Waals surface area contributed by atoms with Crippen molar-refractivity contribution in [2.75, 3.05) is 19.7 Å². The zero-order valence-corrected chi connectivity index (χ0v) is 15.1. The van der Waals surface area contributed by atoms with Crippen molar-refractivity contribution in [1.29, 1.82) is 0 Å². The highest BCUT2D eigenvalue weighted by Gasteiger charge is 2.39. The van der Waals surface area contributed by atoms with Gasteiger partial charge in [-0.05, 0) is 62.7 Å².